The molecule has 0 radical (unpaired) electrons. The molecule has 1 unspecified atom stereocenters. The lowest BCUT2D eigenvalue weighted by molar-refractivity contribution is 0.897. The van der Waals surface area contributed by atoms with Crippen LogP contribution in [0, 0.1) is 6.92 Å². The summed E-state index contributed by atoms with van der Waals surface area (Å²) in [6, 6.07) is 6.61. The van der Waals surface area contributed by atoms with Crippen molar-refractivity contribution in [3.8, 4) is 0 Å². The molecule has 4 nitrogen and oxygen atoms in total. The Morgan fingerprint density at radius 1 is 1.33 bits per heavy atom. The maximum Gasteiger partial charge on any atom is 0.226 e. The molecule has 0 fully saturated rings. The highest BCUT2D eigenvalue weighted by Crippen LogP contribution is 2.32. The van der Waals surface area contributed by atoms with Gasteiger partial charge in [-0.2, -0.15) is 4.98 Å². The van der Waals surface area contributed by atoms with E-state index in [1.165, 1.54) is 9.75 Å². The number of anilines is 2. The minimum Gasteiger partial charge on any atom is -0.362 e. The first-order valence-corrected chi connectivity index (χ1v) is 8.69. The van der Waals surface area contributed by atoms with Crippen LogP contribution in [0.5, 0.6) is 0 Å². The van der Waals surface area contributed by atoms with E-state index in [-0.39, 0.29) is 6.04 Å². The second-order valence-electron chi connectivity index (χ2n) is 4.88. The van der Waals surface area contributed by atoms with Crippen LogP contribution in [0.2, 0.25) is 0 Å². The second kappa shape index (κ2) is 5.99. The second-order valence-corrected chi connectivity index (χ2v) is 7.10. The Bertz CT molecular complexity index is 734. The molecule has 1 atom stereocenters. The number of fused-ring (bicyclic) bond motifs is 1. The van der Waals surface area contributed by atoms with Crippen molar-refractivity contribution in [2.45, 2.75) is 26.8 Å². The van der Waals surface area contributed by atoms with E-state index in [4.69, 9.17) is 0 Å². The zero-order chi connectivity index (χ0) is 14.8. The summed E-state index contributed by atoms with van der Waals surface area (Å²) >= 11 is 3.46. The molecule has 2 N–H and O–H groups in total. The topological polar surface area (TPSA) is 49.8 Å². The van der Waals surface area contributed by atoms with Gasteiger partial charge in [-0.3, -0.25) is 0 Å². The number of rotatable bonds is 5. The van der Waals surface area contributed by atoms with Crippen LogP contribution in [0.25, 0.3) is 10.2 Å². The highest BCUT2D eigenvalue weighted by Gasteiger charge is 2.13. The standard InChI is InChI=1S/C15H18N4S2/c1-4-16-15-18-13(11-8-9(2)21-14(11)19-15)17-10(3)12-6-5-7-20-12/h5-8,10H,4H2,1-3H3,(H2,16,17,18,19). The third-order valence-corrected chi connectivity index (χ3v) is 5.17. The van der Waals surface area contributed by atoms with E-state index < -0.39 is 0 Å². The van der Waals surface area contributed by atoms with Crippen molar-refractivity contribution < 1.29 is 0 Å². The number of aryl methyl sites for hydroxylation is 1. The normalized spacial score (nSPS) is 12.5. The van der Waals surface area contributed by atoms with E-state index in [0.29, 0.717) is 5.95 Å². The maximum absolute atomic E-state index is 4.63. The lowest BCUT2D eigenvalue weighted by atomic mass is 10.2. The molecule has 0 aliphatic rings. The Labute approximate surface area is 132 Å². The van der Waals surface area contributed by atoms with Gasteiger partial charge in [-0.25, -0.2) is 4.98 Å². The molecule has 0 aromatic carbocycles. The quantitative estimate of drug-likeness (QED) is 0.718. The summed E-state index contributed by atoms with van der Waals surface area (Å²) < 4.78 is 0. The Balaban J connectivity index is 1.99. The van der Waals surface area contributed by atoms with E-state index >= 15 is 0 Å². The smallest absolute Gasteiger partial charge is 0.226 e. The van der Waals surface area contributed by atoms with Crippen molar-refractivity contribution in [2.24, 2.45) is 0 Å². The van der Waals surface area contributed by atoms with Crippen LogP contribution in [0.3, 0.4) is 0 Å². The van der Waals surface area contributed by atoms with Gasteiger partial charge < -0.3 is 10.6 Å². The number of hydrogen-bond acceptors (Lipinski definition) is 6. The van der Waals surface area contributed by atoms with Crippen LogP contribution in [0.15, 0.2) is 23.6 Å². The van der Waals surface area contributed by atoms with Crippen LogP contribution < -0.4 is 10.6 Å². The van der Waals surface area contributed by atoms with E-state index in [1.54, 1.807) is 22.7 Å². The van der Waals surface area contributed by atoms with Gasteiger partial charge in [0.2, 0.25) is 5.95 Å². The van der Waals surface area contributed by atoms with Gasteiger partial charge >= 0.3 is 0 Å². The van der Waals surface area contributed by atoms with E-state index in [1.807, 2.05) is 0 Å². The van der Waals surface area contributed by atoms with Gasteiger partial charge in [-0.1, -0.05) is 6.07 Å². The lowest BCUT2D eigenvalue weighted by Gasteiger charge is -2.14. The van der Waals surface area contributed by atoms with Crippen LogP contribution in [-0.2, 0) is 0 Å². The van der Waals surface area contributed by atoms with Crippen LogP contribution in [-0.4, -0.2) is 16.5 Å². The molecule has 3 aromatic heterocycles. The molecule has 0 bridgehead atoms. The molecule has 110 valence electrons. The fourth-order valence-electron chi connectivity index (χ4n) is 2.20. The molecule has 0 aliphatic carbocycles. The van der Waals surface area contributed by atoms with Crippen molar-refractivity contribution in [1.82, 2.24) is 9.97 Å². The van der Waals surface area contributed by atoms with Crippen LogP contribution >= 0.6 is 22.7 Å². The van der Waals surface area contributed by atoms with Gasteiger partial charge in [0, 0.05) is 16.3 Å². The first-order valence-electron chi connectivity index (χ1n) is 6.99. The summed E-state index contributed by atoms with van der Waals surface area (Å²) in [5, 5.41) is 9.93. The Morgan fingerprint density at radius 3 is 2.90 bits per heavy atom. The number of nitrogens with zero attached hydrogens (tertiary/aromatic N) is 2. The predicted octanol–water partition coefficient (Wildman–Crippen LogP) is 4.67. The van der Waals surface area contributed by atoms with E-state index in [2.05, 4.69) is 65.0 Å². The minimum absolute atomic E-state index is 0.234. The van der Waals surface area contributed by atoms with Crippen molar-refractivity contribution >= 4 is 44.7 Å². The predicted molar refractivity (Wildman–Crippen MR) is 92.7 cm³/mol. The van der Waals surface area contributed by atoms with Crippen LogP contribution in [0.4, 0.5) is 11.8 Å². The largest absolute Gasteiger partial charge is 0.362 e. The molecular formula is C15H18N4S2. The van der Waals surface area contributed by atoms with Crippen molar-refractivity contribution in [1.29, 1.82) is 0 Å². The third kappa shape index (κ3) is 3.01. The summed E-state index contributed by atoms with van der Waals surface area (Å²) in [6.45, 7) is 7.13. The lowest BCUT2D eigenvalue weighted by Crippen LogP contribution is -2.09. The Hall–Kier alpha value is -1.66. The van der Waals surface area contributed by atoms with Crippen LogP contribution in [0.1, 0.15) is 29.6 Å². The molecule has 0 amide bonds. The van der Waals surface area contributed by atoms with Gasteiger partial charge in [-0.05, 0) is 38.3 Å². The maximum atomic E-state index is 4.63. The summed E-state index contributed by atoms with van der Waals surface area (Å²) in [5.41, 5.74) is 0. The zero-order valence-corrected chi connectivity index (χ0v) is 13.9. The van der Waals surface area contributed by atoms with E-state index in [0.717, 1.165) is 22.6 Å². The fourth-order valence-corrected chi connectivity index (χ4v) is 3.82. The van der Waals surface area contributed by atoms with E-state index in [9.17, 15) is 0 Å². The first kappa shape index (κ1) is 14.3. The third-order valence-electron chi connectivity index (χ3n) is 3.17. The highest BCUT2D eigenvalue weighted by molar-refractivity contribution is 7.18. The fraction of sp³-hybridized carbons (Fsp3) is 0.333. The minimum atomic E-state index is 0.234. The van der Waals surface area contributed by atoms with Gasteiger partial charge in [0.25, 0.3) is 0 Å². The summed E-state index contributed by atoms with van der Waals surface area (Å²) in [5.74, 6) is 1.59. The summed E-state index contributed by atoms with van der Waals surface area (Å²) in [6.07, 6.45) is 0. The molecule has 3 rings (SSSR count). The number of aromatic nitrogens is 2. The molecule has 6 heteroatoms. The molecule has 21 heavy (non-hydrogen) atoms. The molecule has 0 aliphatic heterocycles. The summed E-state index contributed by atoms with van der Waals surface area (Å²) in [4.78, 5) is 12.8. The molecule has 0 saturated heterocycles. The highest BCUT2D eigenvalue weighted by atomic mass is 32.1. The Morgan fingerprint density at radius 2 is 2.19 bits per heavy atom. The molecule has 0 spiro atoms. The number of hydrogen-bond donors (Lipinski definition) is 2. The monoisotopic (exact) mass is 318 g/mol. The van der Waals surface area contributed by atoms with Gasteiger partial charge in [-0.15, -0.1) is 22.7 Å². The SMILES string of the molecule is CCNc1nc(NC(C)c2cccs2)c2cc(C)sc2n1. The number of nitrogens with one attached hydrogen (secondary N) is 2. The first-order chi connectivity index (χ1) is 10.2. The summed E-state index contributed by atoms with van der Waals surface area (Å²) in [7, 11) is 0. The van der Waals surface area contributed by atoms with Crippen molar-refractivity contribution in [2.75, 3.05) is 17.2 Å². The molecule has 0 saturated carbocycles. The molecule has 3 aromatic rings. The van der Waals surface area contributed by atoms with Crippen molar-refractivity contribution in [3.05, 3.63) is 33.3 Å². The van der Waals surface area contributed by atoms with Crippen molar-refractivity contribution in [3.63, 3.8) is 0 Å². The van der Waals surface area contributed by atoms with Gasteiger partial charge in [0.05, 0.1) is 11.4 Å². The molecule has 3 heterocycles. The number of thiophene rings is 2. The van der Waals surface area contributed by atoms with Gasteiger partial charge in [0.15, 0.2) is 0 Å². The molecular weight excluding hydrogens is 300 g/mol. The zero-order valence-electron chi connectivity index (χ0n) is 12.3. The van der Waals surface area contributed by atoms with Gasteiger partial charge in [0.1, 0.15) is 10.6 Å². The Kier molecular flexibility index (Phi) is 4.07. The average molecular weight is 318 g/mol. The average Bonchev–Trinajstić information content (AvgIpc) is 3.07.